The molecule has 0 bridgehead atoms. The van der Waals surface area contributed by atoms with Crippen LogP contribution in [0.2, 0.25) is 0 Å². The van der Waals surface area contributed by atoms with E-state index in [0.717, 1.165) is 51.4 Å². The van der Waals surface area contributed by atoms with Crippen LogP contribution in [0, 0.1) is 0 Å². The van der Waals surface area contributed by atoms with Crippen molar-refractivity contribution < 1.29 is 87.9 Å². The molecule has 62 heavy (non-hydrogen) atoms. The molecule has 0 aromatic carbocycles. The molecule has 19 heteroatoms. The minimum absolute atomic E-state index is 0.0229. The molecule has 1 saturated heterocycles. The van der Waals surface area contributed by atoms with Gasteiger partial charge in [0, 0.05) is 12.8 Å². The maximum absolute atomic E-state index is 13.2. The SMILES string of the molecule is CCCCCCCCCCCCCC(=O)OC[C@H](COP(=O)([O-])O[C@H]1[C@H](O)[C@@H](O)[C@H](O)[C@@H](O)[C@H]1O[C@H]1O[C@H](CO)[C@@H](O)[C@H](O)[C@@H]1O)OC(=O)CCCCCCCCCCCCC. The monoisotopic (exact) mass is 916 g/mol. The molecule has 13 atom stereocenters. The predicted octanol–water partition coefficient (Wildman–Crippen LogP) is 3.36. The Morgan fingerprint density at radius 1 is 0.565 bits per heavy atom. The molecule has 18 nitrogen and oxygen atoms in total. The number of carbonyl (C=O) groups is 2. The molecule has 2 rings (SSSR count). The summed E-state index contributed by atoms with van der Waals surface area (Å²) in [6.45, 7) is 2.08. The second-order valence-electron chi connectivity index (χ2n) is 16.9. The number of rotatable bonds is 35. The summed E-state index contributed by atoms with van der Waals surface area (Å²) in [6, 6.07) is 0. The Morgan fingerprint density at radius 3 is 1.45 bits per heavy atom. The van der Waals surface area contributed by atoms with E-state index in [4.69, 9.17) is 28.0 Å². The van der Waals surface area contributed by atoms with Gasteiger partial charge in [0.1, 0.15) is 67.6 Å². The van der Waals surface area contributed by atoms with Crippen molar-refractivity contribution in [3.8, 4) is 0 Å². The summed E-state index contributed by atoms with van der Waals surface area (Å²) in [7, 11) is -5.61. The molecule has 0 amide bonds. The minimum atomic E-state index is -5.61. The lowest BCUT2D eigenvalue weighted by molar-refractivity contribution is -0.341. The third-order valence-electron chi connectivity index (χ3n) is 11.6. The summed E-state index contributed by atoms with van der Waals surface area (Å²) in [5.74, 6) is -1.25. The van der Waals surface area contributed by atoms with E-state index in [2.05, 4.69) is 13.8 Å². The zero-order valence-electron chi connectivity index (χ0n) is 37.1. The molecule has 8 N–H and O–H groups in total. The van der Waals surface area contributed by atoms with Gasteiger partial charge in [0.25, 0.3) is 7.82 Å². The maximum atomic E-state index is 13.2. The highest BCUT2D eigenvalue weighted by molar-refractivity contribution is 7.45. The van der Waals surface area contributed by atoms with E-state index in [1.807, 2.05) is 0 Å². The van der Waals surface area contributed by atoms with Crippen LogP contribution < -0.4 is 4.89 Å². The first kappa shape index (κ1) is 56.8. The van der Waals surface area contributed by atoms with E-state index in [9.17, 15) is 59.9 Å². The first-order valence-corrected chi connectivity index (χ1v) is 24.8. The molecule has 366 valence electrons. The van der Waals surface area contributed by atoms with Gasteiger partial charge in [-0.2, -0.15) is 0 Å². The smallest absolute Gasteiger partial charge is 0.306 e. The molecule has 2 fully saturated rings. The summed E-state index contributed by atoms with van der Waals surface area (Å²) in [4.78, 5) is 38.7. The number of hydrogen-bond donors (Lipinski definition) is 8. The molecule has 0 radical (unpaired) electrons. The van der Waals surface area contributed by atoms with Crippen LogP contribution in [0.1, 0.15) is 168 Å². The van der Waals surface area contributed by atoms with Crippen molar-refractivity contribution in [1.29, 1.82) is 0 Å². The highest BCUT2D eigenvalue weighted by Gasteiger charge is 2.54. The van der Waals surface area contributed by atoms with E-state index in [0.29, 0.717) is 12.8 Å². The van der Waals surface area contributed by atoms with Gasteiger partial charge in [0.15, 0.2) is 12.4 Å². The minimum Gasteiger partial charge on any atom is -0.756 e. The van der Waals surface area contributed by atoms with Gasteiger partial charge < -0.3 is 73.7 Å². The molecule has 1 heterocycles. The van der Waals surface area contributed by atoms with Crippen LogP contribution in [-0.2, 0) is 42.1 Å². The van der Waals surface area contributed by atoms with E-state index in [-0.39, 0.29) is 12.8 Å². The zero-order chi connectivity index (χ0) is 45.9. The number of carbonyl (C=O) groups excluding carboxylic acids is 2. The summed E-state index contributed by atoms with van der Waals surface area (Å²) >= 11 is 0. The van der Waals surface area contributed by atoms with Crippen LogP contribution in [0.25, 0.3) is 0 Å². The van der Waals surface area contributed by atoms with Crippen molar-refractivity contribution in [2.45, 2.75) is 241 Å². The van der Waals surface area contributed by atoms with Crippen molar-refractivity contribution in [2.24, 2.45) is 0 Å². The Balaban J connectivity index is 2.00. The fraction of sp³-hybridized carbons (Fsp3) is 0.953. The zero-order valence-corrected chi connectivity index (χ0v) is 38.0. The number of phosphoric ester groups is 1. The standard InChI is InChI=1S/C43H81O18P/c1-3-5-7-9-11-13-15-17-19-21-23-25-32(45)56-28-30(58-33(46)26-24-22-20-18-16-14-12-10-8-6-4-2)29-57-62(54,55)61-42-39(52)37(50)36(49)38(51)41(42)60-43-40(53)35(48)34(47)31(27-44)59-43/h30-31,34-44,47-53H,3-29H2,1-2H3,(H,54,55)/p-1/t30-,31-,34-,35+,36+,37+,38-,39-,40+,41-,42+,43-/m1/s1. The van der Waals surface area contributed by atoms with Crippen LogP contribution in [0.15, 0.2) is 0 Å². The van der Waals surface area contributed by atoms with Gasteiger partial charge in [-0.25, -0.2) is 0 Å². The third-order valence-corrected chi connectivity index (χ3v) is 12.5. The molecule has 1 aliphatic carbocycles. The topological polar surface area (TPSA) is 291 Å². The normalized spacial score (nSPS) is 29.2. The van der Waals surface area contributed by atoms with Crippen molar-refractivity contribution >= 4 is 19.8 Å². The Labute approximate surface area is 368 Å². The maximum Gasteiger partial charge on any atom is 0.306 e. The number of esters is 2. The van der Waals surface area contributed by atoms with Gasteiger partial charge in [0.05, 0.1) is 13.2 Å². The van der Waals surface area contributed by atoms with E-state index in [1.165, 1.54) is 77.0 Å². The summed E-state index contributed by atoms with van der Waals surface area (Å²) in [6.07, 6.45) is 0.259. The molecule has 2 aliphatic rings. The number of phosphoric acid groups is 1. The van der Waals surface area contributed by atoms with Crippen LogP contribution in [0.4, 0.5) is 0 Å². The molecule has 0 spiro atoms. The van der Waals surface area contributed by atoms with Crippen molar-refractivity contribution in [2.75, 3.05) is 19.8 Å². The van der Waals surface area contributed by atoms with E-state index in [1.54, 1.807) is 0 Å². The predicted molar refractivity (Wildman–Crippen MR) is 224 cm³/mol. The first-order valence-electron chi connectivity index (χ1n) is 23.3. The Hall–Kier alpha value is -1.35. The van der Waals surface area contributed by atoms with Gasteiger partial charge in [-0.1, -0.05) is 142 Å². The van der Waals surface area contributed by atoms with Gasteiger partial charge in [-0.05, 0) is 12.8 Å². The lowest BCUT2D eigenvalue weighted by Gasteiger charge is -2.47. The molecule has 1 saturated carbocycles. The fourth-order valence-electron chi connectivity index (χ4n) is 7.64. The third kappa shape index (κ3) is 21.8. The Kier molecular flexibility index (Phi) is 29.6. The van der Waals surface area contributed by atoms with Gasteiger partial charge in [0.2, 0.25) is 0 Å². The largest absolute Gasteiger partial charge is 0.756 e. The highest BCUT2D eigenvalue weighted by Crippen LogP contribution is 2.44. The molecular weight excluding hydrogens is 835 g/mol. The average Bonchev–Trinajstić information content (AvgIpc) is 3.25. The quantitative estimate of drug-likeness (QED) is 0.0257. The molecular formula is C43H80O18P-. The summed E-state index contributed by atoms with van der Waals surface area (Å²) < 4.78 is 44.8. The van der Waals surface area contributed by atoms with Gasteiger partial charge in [-0.3, -0.25) is 14.2 Å². The number of ether oxygens (including phenoxy) is 4. The lowest BCUT2D eigenvalue weighted by Crippen LogP contribution is -2.67. The number of unbranched alkanes of at least 4 members (excludes halogenated alkanes) is 20. The average molecular weight is 916 g/mol. The number of aliphatic hydroxyl groups excluding tert-OH is 8. The Bertz CT molecular complexity index is 1230. The second-order valence-corrected chi connectivity index (χ2v) is 18.3. The molecule has 0 aromatic heterocycles. The first-order chi connectivity index (χ1) is 29.7. The van der Waals surface area contributed by atoms with Gasteiger partial charge >= 0.3 is 11.9 Å². The van der Waals surface area contributed by atoms with Crippen molar-refractivity contribution in [1.82, 2.24) is 0 Å². The Morgan fingerprint density at radius 2 is 0.984 bits per heavy atom. The number of aliphatic hydroxyl groups is 8. The fourth-order valence-corrected chi connectivity index (χ4v) is 8.59. The van der Waals surface area contributed by atoms with E-state index < -0.39 is 113 Å². The van der Waals surface area contributed by atoms with Crippen LogP contribution in [-0.4, -0.2) is 146 Å². The summed E-state index contributed by atoms with van der Waals surface area (Å²) in [5.41, 5.74) is 0. The van der Waals surface area contributed by atoms with Crippen molar-refractivity contribution in [3.63, 3.8) is 0 Å². The van der Waals surface area contributed by atoms with E-state index >= 15 is 0 Å². The van der Waals surface area contributed by atoms with Crippen LogP contribution in [0.3, 0.4) is 0 Å². The van der Waals surface area contributed by atoms with Crippen LogP contribution in [0.5, 0.6) is 0 Å². The molecule has 1 unspecified atom stereocenters. The van der Waals surface area contributed by atoms with Crippen LogP contribution >= 0.6 is 7.82 Å². The van der Waals surface area contributed by atoms with Gasteiger partial charge in [-0.15, -0.1) is 0 Å². The second kappa shape index (κ2) is 32.3. The summed E-state index contributed by atoms with van der Waals surface area (Å²) in [5, 5.41) is 82.6. The molecule has 1 aliphatic heterocycles. The van der Waals surface area contributed by atoms with Crippen molar-refractivity contribution in [3.05, 3.63) is 0 Å². The number of hydrogen-bond acceptors (Lipinski definition) is 18. The lowest BCUT2D eigenvalue weighted by atomic mass is 9.84. The molecule has 0 aromatic rings. The highest BCUT2D eigenvalue weighted by atomic mass is 31.2.